The first-order valence-corrected chi connectivity index (χ1v) is 9.28. The number of morpholine rings is 1. The summed E-state index contributed by atoms with van der Waals surface area (Å²) in [5.74, 6) is 0.218. The van der Waals surface area contributed by atoms with Crippen LogP contribution in [0.4, 0.5) is 0 Å². The minimum Gasteiger partial charge on any atom is -0.374 e. The fourth-order valence-electron chi connectivity index (χ4n) is 3.46. The number of ether oxygens (including phenoxy) is 2. The van der Waals surface area contributed by atoms with Gasteiger partial charge in [-0.05, 0) is 49.3 Å². The summed E-state index contributed by atoms with van der Waals surface area (Å²) in [5, 5.41) is 4.08. The Balaban J connectivity index is 1.56. The highest BCUT2D eigenvalue weighted by Gasteiger charge is 2.44. The molecule has 1 saturated heterocycles. The number of hydrogen-bond acceptors (Lipinski definition) is 5. The maximum absolute atomic E-state index is 12.6. The van der Waals surface area contributed by atoms with Gasteiger partial charge in [0.2, 0.25) is 5.91 Å². The van der Waals surface area contributed by atoms with Gasteiger partial charge in [0.05, 0.1) is 31.8 Å². The number of carbonyl (C=O) groups excluding carboxylic acids is 1. The second-order valence-electron chi connectivity index (χ2n) is 6.59. The topological polar surface area (TPSA) is 42.0 Å². The third-order valence-electron chi connectivity index (χ3n) is 4.66. The van der Waals surface area contributed by atoms with Gasteiger partial charge < -0.3 is 19.3 Å². The Kier molecular flexibility index (Phi) is 5.69. The highest BCUT2D eigenvalue weighted by Crippen LogP contribution is 2.32. The van der Waals surface area contributed by atoms with E-state index in [1.165, 1.54) is 0 Å². The van der Waals surface area contributed by atoms with Crippen LogP contribution in [0.3, 0.4) is 0 Å². The predicted molar refractivity (Wildman–Crippen MR) is 90.8 cm³/mol. The highest BCUT2D eigenvalue weighted by molar-refractivity contribution is 7.07. The number of hydrogen-bond donors (Lipinski definition) is 0. The Morgan fingerprint density at radius 3 is 3.09 bits per heavy atom. The molecule has 6 heteroatoms. The van der Waals surface area contributed by atoms with Gasteiger partial charge in [0.15, 0.2) is 0 Å². The number of amides is 1. The van der Waals surface area contributed by atoms with Crippen molar-refractivity contribution in [2.45, 2.75) is 37.5 Å². The molecule has 5 nitrogen and oxygen atoms in total. The van der Waals surface area contributed by atoms with E-state index in [-0.39, 0.29) is 24.2 Å². The minimum atomic E-state index is 0.0392. The second-order valence-corrected chi connectivity index (χ2v) is 7.37. The summed E-state index contributed by atoms with van der Waals surface area (Å²) in [4.78, 5) is 16.8. The molecule has 1 aromatic heterocycles. The molecule has 0 radical (unpaired) electrons. The lowest BCUT2D eigenvalue weighted by Gasteiger charge is -2.39. The van der Waals surface area contributed by atoms with Crippen LogP contribution in [0.2, 0.25) is 0 Å². The summed E-state index contributed by atoms with van der Waals surface area (Å²) in [5.41, 5.74) is 1.11. The molecule has 3 atom stereocenters. The van der Waals surface area contributed by atoms with Crippen LogP contribution in [0.5, 0.6) is 0 Å². The summed E-state index contributed by atoms with van der Waals surface area (Å²) in [7, 11) is 4.09. The van der Waals surface area contributed by atoms with Crippen molar-refractivity contribution in [3.8, 4) is 0 Å². The van der Waals surface area contributed by atoms with Crippen LogP contribution in [0.1, 0.15) is 18.4 Å². The van der Waals surface area contributed by atoms with Gasteiger partial charge in [0.1, 0.15) is 6.10 Å². The molecule has 0 spiro atoms. The standard InChI is InChI=1S/C17H26N2O3S/c1-18(2)6-8-21-15-4-3-14-17(15)22-9-7-19(14)16(20)11-13-5-10-23-12-13/h5,10,12,14-15,17H,3-4,6-9,11H2,1-2H3/t14-,15+,17+/m0/s1. The quantitative estimate of drug-likeness (QED) is 0.791. The van der Waals surface area contributed by atoms with Gasteiger partial charge in [0, 0.05) is 13.1 Å². The Morgan fingerprint density at radius 1 is 1.48 bits per heavy atom. The maximum Gasteiger partial charge on any atom is 0.227 e. The molecule has 0 aromatic carbocycles. The summed E-state index contributed by atoms with van der Waals surface area (Å²) in [6.45, 7) is 2.94. The zero-order valence-electron chi connectivity index (χ0n) is 13.9. The van der Waals surface area contributed by atoms with Crippen LogP contribution in [0.25, 0.3) is 0 Å². The molecule has 2 fully saturated rings. The van der Waals surface area contributed by atoms with Crippen LogP contribution in [-0.2, 0) is 20.7 Å². The molecule has 0 bridgehead atoms. The normalized spacial score (nSPS) is 27.4. The smallest absolute Gasteiger partial charge is 0.227 e. The van der Waals surface area contributed by atoms with E-state index in [9.17, 15) is 4.79 Å². The van der Waals surface area contributed by atoms with Crippen molar-refractivity contribution in [1.29, 1.82) is 0 Å². The second kappa shape index (κ2) is 7.75. The van der Waals surface area contributed by atoms with Crippen molar-refractivity contribution in [1.82, 2.24) is 9.80 Å². The Hall–Kier alpha value is -0.950. The SMILES string of the molecule is CN(C)CCO[C@@H]1CC[C@H]2[C@H]1OCCN2C(=O)Cc1ccsc1. The average molecular weight is 338 g/mol. The molecule has 1 saturated carbocycles. The van der Waals surface area contributed by atoms with E-state index >= 15 is 0 Å². The summed E-state index contributed by atoms with van der Waals surface area (Å²) >= 11 is 1.64. The number of carbonyl (C=O) groups is 1. The maximum atomic E-state index is 12.6. The fourth-order valence-corrected chi connectivity index (χ4v) is 4.13. The summed E-state index contributed by atoms with van der Waals surface area (Å²) in [6.07, 6.45) is 2.62. The molecule has 1 aliphatic carbocycles. The fraction of sp³-hybridized carbons (Fsp3) is 0.706. The lowest BCUT2D eigenvalue weighted by atomic mass is 10.1. The molecular weight excluding hydrogens is 312 g/mol. The largest absolute Gasteiger partial charge is 0.374 e. The highest BCUT2D eigenvalue weighted by atomic mass is 32.1. The van der Waals surface area contributed by atoms with Crippen molar-refractivity contribution >= 4 is 17.2 Å². The van der Waals surface area contributed by atoms with Gasteiger partial charge >= 0.3 is 0 Å². The lowest BCUT2D eigenvalue weighted by Crippen LogP contribution is -2.54. The van der Waals surface area contributed by atoms with Crippen molar-refractivity contribution in [3.05, 3.63) is 22.4 Å². The lowest BCUT2D eigenvalue weighted by molar-refractivity contribution is -0.151. The van der Waals surface area contributed by atoms with Crippen LogP contribution in [-0.4, -0.2) is 74.4 Å². The molecule has 1 aromatic rings. The molecule has 1 aliphatic heterocycles. The van der Waals surface area contributed by atoms with Gasteiger partial charge in [-0.15, -0.1) is 0 Å². The van der Waals surface area contributed by atoms with E-state index < -0.39 is 0 Å². The predicted octanol–water partition coefficient (Wildman–Crippen LogP) is 1.63. The van der Waals surface area contributed by atoms with Gasteiger partial charge in [-0.2, -0.15) is 11.3 Å². The van der Waals surface area contributed by atoms with Crippen molar-refractivity contribution in [2.24, 2.45) is 0 Å². The molecule has 1 amide bonds. The van der Waals surface area contributed by atoms with Crippen LogP contribution < -0.4 is 0 Å². The molecule has 2 aliphatic rings. The van der Waals surface area contributed by atoms with Gasteiger partial charge in [0.25, 0.3) is 0 Å². The van der Waals surface area contributed by atoms with Crippen LogP contribution in [0.15, 0.2) is 16.8 Å². The first-order valence-electron chi connectivity index (χ1n) is 8.33. The van der Waals surface area contributed by atoms with E-state index in [0.717, 1.165) is 24.9 Å². The Bertz CT molecular complexity index is 506. The van der Waals surface area contributed by atoms with E-state index in [1.807, 2.05) is 30.4 Å². The third-order valence-corrected chi connectivity index (χ3v) is 5.39. The summed E-state index contributed by atoms with van der Waals surface area (Å²) < 4.78 is 12.0. The Morgan fingerprint density at radius 2 is 2.35 bits per heavy atom. The van der Waals surface area contributed by atoms with Crippen LogP contribution in [0, 0.1) is 0 Å². The number of likely N-dealkylation sites (N-methyl/N-ethyl adjacent to an activating group) is 1. The van der Waals surface area contributed by atoms with Crippen molar-refractivity contribution in [3.63, 3.8) is 0 Å². The minimum absolute atomic E-state index is 0.0392. The monoisotopic (exact) mass is 338 g/mol. The molecule has 0 N–H and O–H groups in total. The molecule has 2 heterocycles. The zero-order chi connectivity index (χ0) is 16.2. The van der Waals surface area contributed by atoms with Crippen LogP contribution >= 0.6 is 11.3 Å². The third kappa shape index (κ3) is 4.12. The van der Waals surface area contributed by atoms with E-state index in [0.29, 0.717) is 26.2 Å². The molecule has 128 valence electrons. The number of nitrogens with zero attached hydrogens (tertiary/aromatic N) is 2. The molecule has 0 unspecified atom stereocenters. The number of rotatable bonds is 6. The average Bonchev–Trinajstić information content (AvgIpc) is 3.16. The Labute approximate surface area is 142 Å². The first-order chi connectivity index (χ1) is 11.1. The molecule has 3 rings (SSSR count). The van der Waals surface area contributed by atoms with Gasteiger partial charge in [-0.1, -0.05) is 0 Å². The van der Waals surface area contributed by atoms with E-state index in [1.54, 1.807) is 11.3 Å². The van der Waals surface area contributed by atoms with Crippen molar-refractivity contribution in [2.75, 3.05) is 40.4 Å². The number of fused-ring (bicyclic) bond motifs is 1. The molecule has 23 heavy (non-hydrogen) atoms. The van der Waals surface area contributed by atoms with E-state index in [2.05, 4.69) is 10.3 Å². The van der Waals surface area contributed by atoms with Gasteiger partial charge in [-0.3, -0.25) is 4.79 Å². The zero-order valence-corrected chi connectivity index (χ0v) is 14.8. The number of thiophene rings is 1. The van der Waals surface area contributed by atoms with Gasteiger partial charge in [-0.25, -0.2) is 0 Å². The first kappa shape index (κ1) is 16.9. The summed E-state index contributed by atoms with van der Waals surface area (Å²) in [6, 6.07) is 2.21. The molecular formula is C17H26N2O3S. The van der Waals surface area contributed by atoms with E-state index in [4.69, 9.17) is 9.47 Å². The van der Waals surface area contributed by atoms with Crippen molar-refractivity contribution < 1.29 is 14.3 Å².